The van der Waals surface area contributed by atoms with Crippen LogP contribution in [0.1, 0.15) is 5.56 Å². The molecular weight excluding hydrogens is 445 g/mol. The molecule has 1 N–H and O–H groups in total. The number of halogens is 1. The number of hydrogen-bond donors (Lipinski definition) is 1. The highest BCUT2D eigenvalue weighted by Gasteiger charge is 2.18. The van der Waals surface area contributed by atoms with E-state index in [2.05, 4.69) is 15.5 Å². The molecule has 8 nitrogen and oxygen atoms in total. The minimum Gasteiger partial charge on any atom is -0.325 e. The van der Waals surface area contributed by atoms with E-state index >= 15 is 0 Å². The van der Waals surface area contributed by atoms with Gasteiger partial charge in [-0.05, 0) is 48.9 Å². The summed E-state index contributed by atoms with van der Waals surface area (Å²) in [7, 11) is 0. The highest BCUT2D eigenvalue weighted by molar-refractivity contribution is 7.99. The second kappa shape index (κ2) is 9.61. The van der Waals surface area contributed by atoms with Gasteiger partial charge in [-0.2, -0.15) is 0 Å². The van der Waals surface area contributed by atoms with Gasteiger partial charge in [-0.1, -0.05) is 36.0 Å². The van der Waals surface area contributed by atoms with Crippen LogP contribution >= 0.6 is 11.8 Å². The first-order valence-electron chi connectivity index (χ1n) is 9.87. The molecule has 4 rings (SSSR count). The fourth-order valence-electron chi connectivity index (χ4n) is 3.13. The molecule has 1 aromatic heterocycles. The fourth-order valence-corrected chi connectivity index (χ4v) is 3.89. The predicted molar refractivity (Wildman–Crippen MR) is 124 cm³/mol. The Hall–Kier alpha value is -4.05. The summed E-state index contributed by atoms with van der Waals surface area (Å²) < 4.78 is 15.2. The number of carbonyl (C=O) groups is 1. The average Bonchev–Trinajstić information content (AvgIpc) is 3.24. The lowest BCUT2D eigenvalue weighted by atomic mass is 10.2. The molecule has 0 fully saturated rings. The molecule has 4 aromatic rings. The Morgan fingerprint density at radius 3 is 2.52 bits per heavy atom. The number of aromatic nitrogens is 3. The van der Waals surface area contributed by atoms with E-state index in [1.54, 1.807) is 29.7 Å². The molecule has 3 aromatic carbocycles. The number of non-ortho nitro benzene ring substituents is 1. The van der Waals surface area contributed by atoms with Crippen LogP contribution in [0.3, 0.4) is 0 Å². The van der Waals surface area contributed by atoms with E-state index < -0.39 is 4.92 Å². The Morgan fingerprint density at radius 1 is 1.09 bits per heavy atom. The van der Waals surface area contributed by atoms with Crippen molar-refractivity contribution in [2.75, 3.05) is 11.1 Å². The Morgan fingerprint density at radius 2 is 1.82 bits per heavy atom. The van der Waals surface area contributed by atoms with Crippen molar-refractivity contribution in [2.24, 2.45) is 0 Å². The maximum Gasteiger partial charge on any atom is 0.271 e. The normalized spacial score (nSPS) is 10.7. The third-order valence-corrected chi connectivity index (χ3v) is 5.72. The van der Waals surface area contributed by atoms with Gasteiger partial charge in [0.1, 0.15) is 5.82 Å². The smallest absolute Gasteiger partial charge is 0.271 e. The van der Waals surface area contributed by atoms with Crippen LogP contribution in [0.15, 0.2) is 78.0 Å². The lowest BCUT2D eigenvalue weighted by molar-refractivity contribution is -0.384. The van der Waals surface area contributed by atoms with Gasteiger partial charge in [0, 0.05) is 23.4 Å². The van der Waals surface area contributed by atoms with E-state index in [1.807, 2.05) is 30.3 Å². The van der Waals surface area contributed by atoms with E-state index in [0.29, 0.717) is 27.8 Å². The number of rotatable bonds is 7. The Bertz CT molecular complexity index is 1310. The van der Waals surface area contributed by atoms with Gasteiger partial charge < -0.3 is 5.32 Å². The number of amides is 1. The van der Waals surface area contributed by atoms with E-state index in [9.17, 15) is 19.3 Å². The SMILES string of the molecule is Cc1ccc([N+](=O)[O-])cc1NC(=O)CSc1nnc(-c2ccc(F)cc2)n1-c1ccccc1. The van der Waals surface area contributed by atoms with Crippen LogP contribution in [0.2, 0.25) is 0 Å². The number of benzene rings is 3. The summed E-state index contributed by atoms with van der Waals surface area (Å²) in [5, 5.41) is 22.7. The number of para-hydroxylation sites is 1. The van der Waals surface area contributed by atoms with Gasteiger partial charge in [-0.25, -0.2) is 4.39 Å². The summed E-state index contributed by atoms with van der Waals surface area (Å²) in [5.74, 6) is -0.170. The van der Waals surface area contributed by atoms with Crippen LogP contribution in [-0.4, -0.2) is 31.3 Å². The highest BCUT2D eigenvalue weighted by Crippen LogP contribution is 2.28. The van der Waals surface area contributed by atoms with Crippen LogP contribution in [0.5, 0.6) is 0 Å². The van der Waals surface area contributed by atoms with E-state index in [1.165, 1.54) is 36.0 Å². The molecule has 0 radical (unpaired) electrons. The molecule has 0 aliphatic heterocycles. The fraction of sp³-hybridized carbons (Fsp3) is 0.0870. The van der Waals surface area contributed by atoms with E-state index in [4.69, 9.17) is 0 Å². The standard InChI is InChI=1S/C23H18FN5O3S/c1-15-7-12-19(29(31)32)13-20(15)25-21(30)14-33-23-27-26-22(16-8-10-17(24)11-9-16)28(23)18-5-3-2-4-6-18/h2-13H,14H2,1H3,(H,25,30). The molecule has 0 atom stereocenters. The van der Waals surface area contributed by atoms with Crippen molar-refractivity contribution >= 4 is 29.0 Å². The molecule has 0 unspecified atom stereocenters. The molecule has 33 heavy (non-hydrogen) atoms. The topological polar surface area (TPSA) is 103 Å². The summed E-state index contributed by atoms with van der Waals surface area (Å²) in [5.41, 5.74) is 2.46. The molecule has 0 aliphatic carbocycles. The van der Waals surface area contributed by atoms with E-state index in [-0.39, 0.29) is 23.2 Å². The predicted octanol–water partition coefficient (Wildman–Crippen LogP) is 5.02. The second-order valence-electron chi connectivity index (χ2n) is 7.08. The maximum atomic E-state index is 13.4. The summed E-state index contributed by atoms with van der Waals surface area (Å²) in [4.78, 5) is 23.1. The zero-order valence-corrected chi connectivity index (χ0v) is 18.3. The van der Waals surface area contributed by atoms with Gasteiger partial charge in [-0.3, -0.25) is 19.5 Å². The third-order valence-electron chi connectivity index (χ3n) is 4.79. The number of aryl methyl sites for hydroxylation is 1. The van der Waals surface area contributed by atoms with Crippen LogP contribution in [0.25, 0.3) is 17.1 Å². The molecule has 0 saturated heterocycles. The van der Waals surface area contributed by atoms with Gasteiger partial charge in [-0.15, -0.1) is 10.2 Å². The van der Waals surface area contributed by atoms with Crippen molar-refractivity contribution in [1.82, 2.24) is 14.8 Å². The quantitative estimate of drug-likeness (QED) is 0.234. The number of carbonyl (C=O) groups excluding carboxylic acids is 1. The molecule has 1 heterocycles. The van der Waals surface area contributed by atoms with Crippen molar-refractivity contribution in [2.45, 2.75) is 12.1 Å². The average molecular weight is 463 g/mol. The summed E-state index contributed by atoms with van der Waals surface area (Å²) in [6.07, 6.45) is 0. The molecule has 166 valence electrons. The van der Waals surface area contributed by atoms with Gasteiger partial charge in [0.15, 0.2) is 11.0 Å². The molecule has 0 spiro atoms. The molecule has 1 amide bonds. The Balaban J connectivity index is 1.57. The summed E-state index contributed by atoms with van der Waals surface area (Å²) >= 11 is 1.17. The van der Waals surface area contributed by atoms with Crippen molar-refractivity contribution in [1.29, 1.82) is 0 Å². The summed E-state index contributed by atoms with van der Waals surface area (Å²) in [6.45, 7) is 1.76. The number of anilines is 1. The molecule has 0 aliphatic rings. The number of nitrogens with one attached hydrogen (secondary N) is 1. The molecule has 10 heteroatoms. The number of thioether (sulfide) groups is 1. The van der Waals surface area contributed by atoms with Crippen LogP contribution in [-0.2, 0) is 4.79 Å². The Labute approximate surface area is 192 Å². The summed E-state index contributed by atoms with van der Waals surface area (Å²) in [6, 6.07) is 19.6. The van der Waals surface area contributed by atoms with Gasteiger partial charge in [0.05, 0.1) is 16.4 Å². The lowest BCUT2D eigenvalue weighted by Crippen LogP contribution is -2.15. The first kappa shape index (κ1) is 22.2. The molecular formula is C23H18FN5O3S. The number of nitro groups is 1. The van der Waals surface area contributed by atoms with Crippen molar-refractivity contribution in [3.8, 4) is 17.1 Å². The lowest BCUT2D eigenvalue weighted by Gasteiger charge is -2.11. The zero-order valence-electron chi connectivity index (χ0n) is 17.4. The number of nitrogens with zero attached hydrogens (tertiary/aromatic N) is 4. The van der Waals surface area contributed by atoms with Crippen LogP contribution in [0.4, 0.5) is 15.8 Å². The first-order valence-corrected chi connectivity index (χ1v) is 10.9. The highest BCUT2D eigenvalue weighted by atomic mass is 32.2. The largest absolute Gasteiger partial charge is 0.325 e. The van der Waals surface area contributed by atoms with E-state index in [0.717, 1.165) is 5.69 Å². The van der Waals surface area contributed by atoms with Crippen LogP contribution in [0, 0.1) is 22.9 Å². The monoisotopic (exact) mass is 463 g/mol. The zero-order chi connectivity index (χ0) is 23.4. The third kappa shape index (κ3) is 5.07. The minimum absolute atomic E-state index is 0.0104. The van der Waals surface area contributed by atoms with Crippen molar-refractivity contribution < 1.29 is 14.1 Å². The Kier molecular flexibility index (Phi) is 6.45. The van der Waals surface area contributed by atoms with Crippen LogP contribution < -0.4 is 5.32 Å². The van der Waals surface area contributed by atoms with Crippen molar-refractivity contribution in [3.05, 3.63) is 94.3 Å². The first-order chi connectivity index (χ1) is 15.9. The maximum absolute atomic E-state index is 13.4. The molecule has 0 bridgehead atoms. The van der Waals surface area contributed by atoms with Gasteiger partial charge in [0.25, 0.3) is 5.69 Å². The van der Waals surface area contributed by atoms with Crippen molar-refractivity contribution in [3.63, 3.8) is 0 Å². The minimum atomic E-state index is -0.511. The second-order valence-corrected chi connectivity index (χ2v) is 8.02. The van der Waals surface area contributed by atoms with Gasteiger partial charge in [0.2, 0.25) is 5.91 Å². The number of hydrogen-bond acceptors (Lipinski definition) is 6. The van der Waals surface area contributed by atoms with Gasteiger partial charge >= 0.3 is 0 Å². The molecule has 0 saturated carbocycles. The number of nitro benzene ring substituents is 1.